The molecular formula is C114H71N3S3. The summed E-state index contributed by atoms with van der Waals surface area (Å²) < 4.78 is 15.3. The van der Waals surface area contributed by atoms with Gasteiger partial charge in [0, 0.05) is 110 Å². The van der Waals surface area contributed by atoms with E-state index in [1.807, 2.05) is 34.0 Å². The summed E-state index contributed by atoms with van der Waals surface area (Å²) in [5.74, 6) is 0. The minimum absolute atomic E-state index is 1.16. The van der Waals surface area contributed by atoms with Gasteiger partial charge in [0.2, 0.25) is 0 Å². The van der Waals surface area contributed by atoms with Crippen molar-refractivity contribution in [3.05, 3.63) is 431 Å². The molecule has 0 saturated heterocycles. The summed E-state index contributed by atoms with van der Waals surface area (Å²) in [5.41, 5.74) is 23.2. The number of hydrogen-bond donors (Lipinski definition) is 0. The van der Waals surface area contributed by atoms with E-state index < -0.39 is 0 Å². The van der Waals surface area contributed by atoms with Crippen molar-refractivity contribution in [1.82, 2.24) is 13.7 Å². The molecule has 560 valence electrons. The number of benzene rings is 20. The first-order valence-electron chi connectivity index (χ1n) is 41.0. The van der Waals surface area contributed by atoms with Crippen LogP contribution in [0.3, 0.4) is 0 Å². The van der Waals surface area contributed by atoms with Gasteiger partial charge in [0.15, 0.2) is 0 Å². The largest absolute Gasteiger partial charge is 0.309 e. The highest BCUT2D eigenvalue weighted by Crippen LogP contribution is 2.46. The number of hydrogen-bond acceptors (Lipinski definition) is 3. The molecule has 0 fully saturated rings. The number of thiophene rings is 3. The highest BCUT2D eigenvalue weighted by molar-refractivity contribution is 7.26. The molecule has 6 heteroatoms. The lowest BCUT2D eigenvalue weighted by atomic mass is 9.98. The fraction of sp³-hybridized carbons (Fsp3) is 0. The Morgan fingerprint density at radius 1 is 0.125 bits per heavy atom. The summed E-state index contributed by atoms with van der Waals surface area (Å²) in [7, 11) is 0. The molecular weight excluding hydrogens is 1510 g/mol. The van der Waals surface area contributed by atoms with Crippen molar-refractivity contribution in [2.75, 3.05) is 0 Å². The molecule has 120 heavy (non-hydrogen) atoms. The van der Waals surface area contributed by atoms with Gasteiger partial charge in [-0.2, -0.15) is 0 Å². The van der Waals surface area contributed by atoms with Crippen LogP contribution >= 0.6 is 34.0 Å². The summed E-state index contributed by atoms with van der Waals surface area (Å²) in [5, 5.41) is 23.3. The van der Waals surface area contributed by atoms with Gasteiger partial charge in [0.05, 0.1) is 33.1 Å². The second-order valence-corrected chi connectivity index (χ2v) is 34.7. The van der Waals surface area contributed by atoms with Crippen LogP contribution in [0, 0.1) is 0 Å². The second-order valence-electron chi connectivity index (χ2n) is 31.4. The van der Waals surface area contributed by atoms with E-state index in [1.165, 1.54) is 225 Å². The third-order valence-electron chi connectivity index (χ3n) is 24.5. The van der Waals surface area contributed by atoms with E-state index in [1.54, 1.807) is 0 Å². The van der Waals surface area contributed by atoms with E-state index in [2.05, 4.69) is 444 Å². The van der Waals surface area contributed by atoms with E-state index in [0.29, 0.717) is 0 Å². The van der Waals surface area contributed by atoms with Crippen LogP contribution in [-0.2, 0) is 0 Å². The minimum atomic E-state index is 1.16. The Hall–Kier alpha value is -14.8. The molecule has 20 aromatic carbocycles. The number of nitrogens with zero attached hydrogens (tertiary/aromatic N) is 3. The van der Waals surface area contributed by atoms with Crippen LogP contribution in [0.4, 0.5) is 0 Å². The SMILES string of the molecule is c1ccc(-c2cc(-c3ccccc3)cc(-n3c4ccccc4c4cc(-c5ccc6sc7ccccc7c6c5)ccc43)c2)cc1.c1ccc2c(c1)ccc1cc(-n3c4ccccc4c4cc(-c5ccc6sc7ccccc7c6c5)ccc43)ccc12.c1ccc2cc(-n3c4ccccc4c4cc(-c5ccc6sc7ccccc7c6c5)ccc43)ccc2c1. The molecule has 0 unspecified atom stereocenters. The molecule has 0 aliphatic carbocycles. The zero-order valence-electron chi connectivity index (χ0n) is 65.1. The van der Waals surface area contributed by atoms with Gasteiger partial charge in [-0.05, 0) is 240 Å². The zero-order valence-corrected chi connectivity index (χ0v) is 67.5. The first-order chi connectivity index (χ1) is 59.4. The van der Waals surface area contributed by atoms with Crippen molar-refractivity contribution in [3.63, 3.8) is 0 Å². The fourth-order valence-electron chi connectivity index (χ4n) is 18.8. The molecule has 0 saturated carbocycles. The van der Waals surface area contributed by atoms with E-state index >= 15 is 0 Å². The molecule has 0 N–H and O–H groups in total. The molecule has 0 amide bonds. The zero-order chi connectivity index (χ0) is 78.9. The molecule has 0 spiro atoms. The number of para-hydroxylation sites is 3. The van der Waals surface area contributed by atoms with E-state index in [-0.39, 0.29) is 0 Å². The Morgan fingerprint density at radius 2 is 0.417 bits per heavy atom. The standard InChI is InChI=1S/C42H27NS.C38H23NS.C34H21NS/c1-3-11-28(12-4-1)32-23-33(29-13-5-2-6-14-29)25-34(24-32)43-39-17-9-7-15-35(39)37-26-30(19-21-40(37)43)31-20-22-42-38(27-31)36-16-8-10-18-41(36)44-42;1-2-8-29-24(7-1)13-14-27-21-28(17-18-30(27)29)39-35-11-5-3-9-31(35)33-22-25(15-19-36(33)39)26-16-20-38-34(23-26)32-10-4-6-12-37(32)40-38;1-2-8-23-19-26(16-13-22(23)7-1)35-31-11-5-3-9-27(31)29-20-24(14-17-32(29)35)25-15-18-34-30(21-25)28-10-4-6-12-33(28)36-34/h1-27H;1-23H;1-21H. The average Bonchev–Trinajstić information content (AvgIpc) is 1.56. The van der Waals surface area contributed by atoms with Gasteiger partial charge >= 0.3 is 0 Å². The number of aromatic nitrogens is 3. The monoisotopic (exact) mass is 1580 g/mol. The van der Waals surface area contributed by atoms with Crippen LogP contribution in [-0.4, -0.2) is 13.7 Å². The lowest BCUT2D eigenvalue weighted by Gasteiger charge is -2.14. The lowest BCUT2D eigenvalue weighted by Crippen LogP contribution is -1.96. The van der Waals surface area contributed by atoms with Gasteiger partial charge in [-0.25, -0.2) is 0 Å². The highest BCUT2D eigenvalue weighted by Gasteiger charge is 2.21. The Bertz CT molecular complexity index is 8570. The Morgan fingerprint density at radius 3 is 0.858 bits per heavy atom. The number of rotatable bonds is 8. The summed E-state index contributed by atoms with van der Waals surface area (Å²) in [6.45, 7) is 0. The fourth-order valence-corrected chi connectivity index (χ4v) is 22.1. The highest BCUT2D eigenvalue weighted by atomic mass is 32.1. The van der Waals surface area contributed by atoms with Gasteiger partial charge in [-0.1, -0.05) is 279 Å². The van der Waals surface area contributed by atoms with Gasteiger partial charge in [0.1, 0.15) is 0 Å². The summed E-state index contributed by atoms with van der Waals surface area (Å²) in [6.07, 6.45) is 0. The van der Waals surface area contributed by atoms with Crippen LogP contribution < -0.4 is 0 Å². The summed E-state index contributed by atoms with van der Waals surface area (Å²) >= 11 is 5.60. The van der Waals surface area contributed by atoms with E-state index in [4.69, 9.17) is 0 Å². The smallest absolute Gasteiger partial charge is 0.0541 e. The molecule has 3 nitrogen and oxygen atoms in total. The van der Waals surface area contributed by atoms with Crippen molar-refractivity contribution in [3.8, 4) is 72.7 Å². The maximum atomic E-state index is 2.43. The Kier molecular flexibility index (Phi) is 16.5. The van der Waals surface area contributed by atoms with Crippen LogP contribution in [0.5, 0.6) is 0 Å². The molecule has 0 aliphatic heterocycles. The Labute approximate surface area is 703 Å². The van der Waals surface area contributed by atoms with Crippen molar-refractivity contribution in [2.24, 2.45) is 0 Å². The predicted molar refractivity (Wildman–Crippen MR) is 521 cm³/mol. The molecule has 0 bridgehead atoms. The van der Waals surface area contributed by atoms with Crippen molar-refractivity contribution >= 4 is 192 Å². The third kappa shape index (κ3) is 11.8. The molecule has 0 aliphatic rings. The van der Waals surface area contributed by atoms with Crippen molar-refractivity contribution < 1.29 is 0 Å². The molecule has 0 atom stereocenters. The maximum Gasteiger partial charge on any atom is 0.0541 e. The normalized spacial score (nSPS) is 11.8. The van der Waals surface area contributed by atoms with E-state index in [0.717, 1.165) is 5.69 Å². The Balaban J connectivity index is 0.000000103. The van der Waals surface area contributed by atoms with Gasteiger partial charge < -0.3 is 13.7 Å². The predicted octanol–water partition coefficient (Wildman–Crippen LogP) is 33.2. The molecule has 26 aromatic rings. The third-order valence-corrected chi connectivity index (χ3v) is 28.0. The van der Waals surface area contributed by atoms with Crippen LogP contribution in [0.25, 0.3) is 231 Å². The summed E-state index contributed by atoms with van der Waals surface area (Å²) in [4.78, 5) is 0. The van der Waals surface area contributed by atoms with Crippen molar-refractivity contribution in [1.29, 1.82) is 0 Å². The van der Waals surface area contributed by atoms with Gasteiger partial charge in [0.25, 0.3) is 0 Å². The van der Waals surface area contributed by atoms with E-state index in [9.17, 15) is 0 Å². The van der Waals surface area contributed by atoms with Gasteiger partial charge in [-0.3, -0.25) is 0 Å². The van der Waals surface area contributed by atoms with Crippen molar-refractivity contribution in [2.45, 2.75) is 0 Å². The van der Waals surface area contributed by atoms with Crippen LogP contribution in [0.1, 0.15) is 0 Å². The lowest BCUT2D eigenvalue weighted by molar-refractivity contribution is 1.18. The second kappa shape index (κ2) is 28.6. The van der Waals surface area contributed by atoms with Crippen LogP contribution in [0.2, 0.25) is 0 Å². The number of fused-ring (bicyclic) bond motifs is 22. The molecule has 26 rings (SSSR count). The first kappa shape index (κ1) is 69.5. The summed E-state index contributed by atoms with van der Waals surface area (Å²) in [6, 6.07) is 158. The van der Waals surface area contributed by atoms with Gasteiger partial charge in [-0.15, -0.1) is 34.0 Å². The molecule has 6 aromatic heterocycles. The quantitative estimate of drug-likeness (QED) is 0.135. The maximum absolute atomic E-state index is 2.43. The average molecular weight is 1580 g/mol. The molecule has 6 heterocycles. The topological polar surface area (TPSA) is 14.8 Å². The first-order valence-corrected chi connectivity index (χ1v) is 43.4. The van der Waals surface area contributed by atoms with Crippen LogP contribution in [0.15, 0.2) is 431 Å². The minimum Gasteiger partial charge on any atom is -0.309 e. The molecule has 0 radical (unpaired) electrons.